The molecule has 0 aliphatic heterocycles. The van der Waals surface area contributed by atoms with Crippen molar-refractivity contribution in [2.24, 2.45) is 0 Å². The van der Waals surface area contributed by atoms with Gasteiger partial charge in [-0.05, 0) is 5.56 Å². The number of thiophene rings is 1. The van der Waals surface area contributed by atoms with Crippen LogP contribution in [-0.2, 0) is 4.79 Å². The zero-order chi connectivity index (χ0) is 15.2. The third-order valence-electron chi connectivity index (χ3n) is 2.92. The van der Waals surface area contributed by atoms with E-state index in [1.807, 2.05) is 18.2 Å². The van der Waals surface area contributed by atoms with Gasteiger partial charge in [0.05, 0.1) is 24.4 Å². The van der Waals surface area contributed by atoms with Gasteiger partial charge in [0.15, 0.2) is 0 Å². The normalized spacial score (nSPS) is 11.7. The minimum Gasteiger partial charge on any atom is -0.496 e. The molecule has 110 valence electrons. The fraction of sp³-hybridized carbons (Fsp3) is 0.200. The Morgan fingerprint density at radius 2 is 2.05 bits per heavy atom. The average molecular weight is 305 g/mol. The number of hydrogen-bond acceptors (Lipinski definition) is 4. The molecule has 1 amide bonds. The van der Waals surface area contributed by atoms with E-state index in [-0.39, 0.29) is 12.3 Å². The van der Waals surface area contributed by atoms with E-state index in [1.54, 1.807) is 23.6 Å². The molecule has 1 aromatic carbocycles. The maximum atomic E-state index is 12.2. The first-order valence-electron chi connectivity index (χ1n) is 6.30. The second kappa shape index (κ2) is 6.90. The minimum atomic E-state index is -0.965. The lowest BCUT2D eigenvalue weighted by atomic mass is 10.0. The number of benzene rings is 1. The zero-order valence-corrected chi connectivity index (χ0v) is 12.2. The van der Waals surface area contributed by atoms with E-state index >= 15 is 0 Å². The summed E-state index contributed by atoms with van der Waals surface area (Å²) in [6.07, 6.45) is -0.168. The van der Waals surface area contributed by atoms with Crippen molar-refractivity contribution < 1.29 is 19.4 Å². The van der Waals surface area contributed by atoms with E-state index in [2.05, 4.69) is 5.32 Å². The van der Waals surface area contributed by atoms with E-state index in [4.69, 9.17) is 9.84 Å². The summed E-state index contributed by atoms with van der Waals surface area (Å²) in [5.74, 6) is -0.661. The highest BCUT2D eigenvalue weighted by Gasteiger charge is 2.19. The maximum Gasteiger partial charge on any atom is 0.305 e. The van der Waals surface area contributed by atoms with E-state index in [9.17, 15) is 9.59 Å². The Morgan fingerprint density at radius 1 is 1.33 bits per heavy atom. The molecule has 0 saturated heterocycles. The lowest BCUT2D eigenvalue weighted by molar-refractivity contribution is -0.137. The molecule has 2 aromatic rings. The minimum absolute atomic E-state index is 0.168. The van der Waals surface area contributed by atoms with E-state index < -0.39 is 12.0 Å². The number of hydrogen-bond donors (Lipinski definition) is 2. The van der Waals surface area contributed by atoms with E-state index in [0.29, 0.717) is 10.6 Å². The Bertz CT molecular complexity index is 624. The van der Waals surface area contributed by atoms with Crippen LogP contribution in [0.25, 0.3) is 0 Å². The molecule has 0 spiro atoms. The van der Waals surface area contributed by atoms with Gasteiger partial charge in [0.25, 0.3) is 5.91 Å². The largest absolute Gasteiger partial charge is 0.496 e. The van der Waals surface area contributed by atoms with Crippen LogP contribution in [0.3, 0.4) is 0 Å². The van der Waals surface area contributed by atoms with Crippen LogP contribution < -0.4 is 10.1 Å². The van der Waals surface area contributed by atoms with E-state index in [1.165, 1.54) is 18.4 Å². The van der Waals surface area contributed by atoms with Gasteiger partial charge in [0.2, 0.25) is 0 Å². The van der Waals surface area contributed by atoms with Crippen LogP contribution >= 0.6 is 11.3 Å². The smallest absolute Gasteiger partial charge is 0.305 e. The number of ether oxygens (including phenoxy) is 1. The first kappa shape index (κ1) is 15.1. The molecular weight excluding hydrogens is 290 g/mol. The van der Waals surface area contributed by atoms with Crippen LogP contribution in [0.1, 0.15) is 27.7 Å². The van der Waals surface area contributed by atoms with Crippen molar-refractivity contribution in [3.8, 4) is 5.75 Å². The van der Waals surface area contributed by atoms with Crippen LogP contribution in [0.4, 0.5) is 0 Å². The Hall–Kier alpha value is -2.34. The second-order valence-electron chi connectivity index (χ2n) is 4.39. The molecule has 0 radical (unpaired) electrons. The number of nitrogens with one attached hydrogen (secondary N) is 1. The van der Waals surface area contributed by atoms with Crippen LogP contribution in [0.15, 0.2) is 41.8 Å². The van der Waals surface area contributed by atoms with Gasteiger partial charge in [-0.2, -0.15) is 0 Å². The molecule has 2 N–H and O–H groups in total. The van der Waals surface area contributed by atoms with Crippen molar-refractivity contribution in [3.63, 3.8) is 0 Å². The summed E-state index contributed by atoms with van der Waals surface area (Å²) in [7, 11) is 1.53. The maximum absolute atomic E-state index is 12.2. The quantitative estimate of drug-likeness (QED) is 0.860. The zero-order valence-electron chi connectivity index (χ0n) is 11.4. The average Bonchev–Trinajstić information content (AvgIpc) is 2.96. The fourth-order valence-electron chi connectivity index (χ4n) is 1.89. The summed E-state index contributed by atoms with van der Waals surface area (Å²) >= 11 is 1.25. The fourth-order valence-corrected chi connectivity index (χ4v) is 2.64. The third kappa shape index (κ3) is 4.06. The topological polar surface area (TPSA) is 75.6 Å². The van der Waals surface area contributed by atoms with Crippen molar-refractivity contribution in [2.75, 3.05) is 7.11 Å². The monoisotopic (exact) mass is 305 g/mol. The predicted molar refractivity (Wildman–Crippen MR) is 79.8 cm³/mol. The molecular formula is C15H15NO4S. The van der Waals surface area contributed by atoms with Crippen LogP contribution in [0, 0.1) is 0 Å². The summed E-state index contributed by atoms with van der Waals surface area (Å²) in [5.41, 5.74) is 0.761. The Morgan fingerprint density at radius 3 is 2.62 bits per heavy atom. The lowest BCUT2D eigenvalue weighted by Crippen LogP contribution is -2.29. The van der Waals surface area contributed by atoms with Crippen molar-refractivity contribution in [3.05, 3.63) is 52.2 Å². The van der Waals surface area contributed by atoms with Crippen molar-refractivity contribution in [1.29, 1.82) is 0 Å². The highest BCUT2D eigenvalue weighted by molar-refractivity contribution is 7.12. The van der Waals surface area contributed by atoms with E-state index in [0.717, 1.165) is 5.56 Å². The van der Waals surface area contributed by atoms with Gasteiger partial charge in [-0.25, -0.2) is 0 Å². The standard InChI is InChI=1S/C15H15NO4S/c1-20-11-7-13(21-9-11)15(19)16-12(8-14(17)18)10-5-3-2-4-6-10/h2-7,9,12H,8H2,1H3,(H,16,19)(H,17,18). The van der Waals surface area contributed by atoms with Gasteiger partial charge in [-0.3, -0.25) is 9.59 Å². The summed E-state index contributed by atoms with van der Waals surface area (Å²) in [6.45, 7) is 0. The Kier molecular flexibility index (Phi) is 4.94. The molecule has 1 unspecified atom stereocenters. The number of aliphatic carboxylic acids is 1. The Balaban J connectivity index is 2.14. The molecule has 0 aliphatic rings. The number of carboxylic acids is 1. The summed E-state index contributed by atoms with van der Waals surface area (Å²) in [6, 6.07) is 10.1. The van der Waals surface area contributed by atoms with Gasteiger partial charge >= 0.3 is 5.97 Å². The second-order valence-corrected chi connectivity index (χ2v) is 5.30. The predicted octanol–water partition coefficient (Wildman–Crippen LogP) is 2.70. The highest BCUT2D eigenvalue weighted by Crippen LogP contribution is 2.23. The molecule has 5 nitrogen and oxygen atoms in total. The molecule has 1 atom stereocenters. The molecule has 1 heterocycles. The highest BCUT2D eigenvalue weighted by atomic mass is 32.1. The number of carboxylic acid groups (broad SMARTS) is 1. The summed E-state index contributed by atoms with van der Waals surface area (Å²) < 4.78 is 5.04. The molecule has 2 rings (SSSR count). The third-order valence-corrected chi connectivity index (χ3v) is 3.83. The number of carbonyl (C=O) groups excluding carboxylic acids is 1. The van der Waals surface area contributed by atoms with Gasteiger partial charge in [0.1, 0.15) is 5.75 Å². The molecule has 0 bridgehead atoms. The van der Waals surface area contributed by atoms with Gasteiger partial charge in [-0.1, -0.05) is 30.3 Å². The molecule has 1 aromatic heterocycles. The summed E-state index contributed by atoms with van der Waals surface area (Å²) in [4.78, 5) is 23.7. The summed E-state index contributed by atoms with van der Waals surface area (Å²) in [5, 5.41) is 13.5. The molecule has 0 fully saturated rings. The van der Waals surface area contributed by atoms with Crippen LogP contribution in [0.2, 0.25) is 0 Å². The molecule has 0 saturated carbocycles. The SMILES string of the molecule is COc1csc(C(=O)NC(CC(=O)O)c2ccccc2)c1. The van der Waals surface area contributed by atoms with Gasteiger partial charge < -0.3 is 15.2 Å². The van der Waals surface area contributed by atoms with Crippen molar-refractivity contribution in [1.82, 2.24) is 5.32 Å². The number of rotatable bonds is 6. The molecule has 6 heteroatoms. The van der Waals surface area contributed by atoms with Gasteiger partial charge in [0, 0.05) is 11.4 Å². The lowest BCUT2D eigenvalue weighted by Gasteiger charge is -2.16. The van der Waals surface area contributed by atoms with Gasteiger partial charge in [-0.15, -0.1) is 11.3 Å². The molecule has 0 aliphatic carbocycles. The van der Waals surface area contributed by atoms with Crippen LogP contribution in [-0.4, -0.2) is 24.1 Å². The van der Waals surface area contributed by atoms with Crippen molar-refractivity contribution >= 4 is 23.2 Å². The molecule has 21 heavy (non-hydrogen) atoms. The Labute approximate surface area is 126 Å². The number of carbonyl (C=O) groups is 2. The van der Waals surface area contributed by atoms with Crippen molar-refractivity contribution in [2.45, 2.75) is 12.5 Å². The van der Waals surface area contributed by atoms with Crippen LogP contribution in [0.5, 0.6) is 5.75 Å². The number of methoxy groups -OCH3 is 1. The number of amides is 1. The first-order chi connectivity index (χ1) is 10.1. The first-order valence-corrected chi connectivity index (χ1v) is 7.18.